The fourth-order valence-electron chi connectivity index (χ4n) is 2.52. The van der Waals surface area contributed by atoms with Crippen LogP contribution in [0.2, 0.25) is 0 Å². The summed E-state index contributed by atoms with van der Waals surface area (Å²) in [7, 11) is 3.04. The van der Waals surface area contributed by atoms with Crippen LogP contribution in [0.3, 0.4) is 0 Å². The average Bonchev–Trinajstić information content (AvgIpc) is 2.61. The number of carbonyl (C=O) groups is 1. The molecule has 0 bridgehead atoms. The number of methoxy groups -OCH3 is 2. The van der Waals surface area contributed by atoms with E-state index in [1.807, 2.05) is 0 Å². The molecule has 0 saturated carbocycles. The highest BCUT2D eigenvalue weighted by Crippen LogP contribution is 2.31. The predicted molar refractivity (Wildman–Crippen MR) is 92.3 cm³/mol. The largest absolute Gasteiger partial charge is 0.497 e. The zero-order chi connectivity index (χ0) is 18.0. The van der Waals surface area contributed by atoms with Gasteiger partial charge >= 0.3 is 5.97 Å². The van der Waals surface area contributed by atoms with E-state index in [9.17, 15) is 9.59 Å². The third-order valence-electron chi connectivity index (χ3n) is 3.71. The highest BCUT2D eigenvalue weighted by atomic mass is 16.5. The van der Waals surface area contributed by atoms with Crippen LogP contribution in [-0.2, 0) is 4.79 Å². The third-order valence-corrected chi connectivity index (χ3v) is 3.71. The summed E-state index contributed by atoms with van der Waals surface area (Å²) in [5.41, 5.74) is 0.998. The Morgan fingerprint density at radius 3 is 2.28 bits per heavy atom. The summed E-state index contributed by atoms with van der Waals surface area (Å²) in [6, 6.07) is 10.1. The number of rotatable bonds is 4. The molecule has 0 aliphatic rings. The summed E-state index contributed by atoms with van der Waals surface area (Å²) in [6.45, 7) is 1.26. The van der Waals surface area contributed by atoms with E-state index in [-0.39, 0.29) is 22.1 Å². The first-order valence-electron chi connectivity index (χ1n) is 7.50. The highest BCUT2D eigenvalue weighted by Gasteiger charge is 2.17. The standard InChI is InChI=1S/C19H16O6/c1-11(20)25-17-9-14(23-3)8-16-18(17)19(21)15(10-24-16)12-4-6-13(22-2)7-5-12/h4-10H,1-3H3. The summed E-state index contributed by atoms with van der Waals surface area (Å²) < 4.78 is 21.1. The van der Waals surface area contributed by atoms with Gasteiger partial charge in [-0.1, -0.05) is 12.1 Å². The minimum absolute atomic E-state index is 0.103. The van der Waals surface area contributed by atoms with Gasteiger partial charge < -0.3 is 18.6 Å². The Kier molecular flexibility index (Phi) is 4.43. The fraction of sp³-hybridized carbons (Fsp3) is 0.158. The van der Waals surface area contributed by atoms with Crippen molar-refractivity contribution in [1.82, 2.24) is 0 Å². The van der Waals surface area contributed by atoms with Gasteiger partial charge in [0, 0.05) is 19.1 Å². The maximum atomic E-state index is 13.0. The van der Waals surface area contributed by atoms with Crippen molar-refractivity contribution < 1.29 is 23.4 Å². The lowest BCUT2D eigenvalue weighted by atomic mass is 10.0. The first-order valence-corrected chi connectivity index (χ1v) is 7.50. The molecule has 1 heterocycles. The van der Waals surface area contributed by atoms with Gasteiger partial charge in [-0.15, -0.1) is 0 Å². The molecule has 6 nitrogen and oxygen atoms in total. The van der Waals surface area contributed by atoms with Gasteiger partial charge in [-0.2, -0.15) is 0 Å². The summed E-state index contributed by atoms with van der Waals surface area (Å²) >= 11 is 0. The van der Waals surface area contributed by atoms with Crippen molar-refractivity contribution in [2.75, 3.05) is 14.2 Å². The van der Waals surface area contributed by atoms with Crippen LogP contribution in [0, 0.1) is 0 Å². The topological polar surface area (TPSA) is 75.0 Å². The number of ether oxygens (including phenoxy) is 3. The second-order valence-electron chi connectivity index (χ2n) is 5.30. The molecule has 3 aromatic rings. The van der Waals surface area contributed by atoms with E-state index in [0.29, 0.717) is 22.6 Å². The highest BCUT2D eigenvalue weighted by molar-refractivity contribution is 5.90. The van der Waals surface area contributed by atoms with Gasteiger partial charge in [0.25, 0.3) is 0 Å². The second-order valence-corrected chi connectivity index (χ2v) is 5.30. The molecule has 6 heteroatoms. The molecule has 0 atom stereocenters. The molecular formula is C19H16O6. The molecule has 0 saturated heterocycles. The van der Waals surface area contributed by atoms with Crippen molar-refractivity contribution in [3.8, 4) is 28.4 Å². The lowest BCUT2D eigenvalue weighted by molar-refractivity contribution is -0.131. The van der Waals surface area contributed by atoms with Crippen molar-refractivity contribution in [3.63, 3.8) is 0 Å². The molecule has 2 aromatic carbocycles. The Bertz CT molecular complexity index is 985. The average molecular weight is 340 g/mol. The molecule has 25 heavy (non-hydrogen) atoms. The Morgan fingerprint density at radius 1 is 1.00 bits per heavy atom. The Balaban J connectivity index is 2.24. The molecule has 0 fully saturated rings. The van der Waals surface area contributed by atoms with Gasteiger partial charge in [0.2, 0.25) is 5.43 Å². The molecule has 0 radical (unpaired) electrons. The van der Waals surface area contributed by atoms with E-state index in [2.05, 4.69) is 0 Å². The van der Waals surface area contributed by atoms with Crippen LogP contribution < -0.4 is 19.6 Å². The minimum atomic E-state index is -0.538. The van der Waals surface area contributed by atoms with E-state index in [4.69, 9.17) is 18.6 Å². The molecular weight excluding hydrogens is 324 g/mol. The van der Waals surface area contributed by atoms with Gasteiger partial charge in [0.1, 0.15) is 34.5 Å². The van der Waals surface area contributed by atoms with E-state index < -0.39 is 5.97 Å². The summed E-state index contributed by atoms with van der Waals surface area (Å²) in [5.74, 6) is 0.665. The third kappa shape index (κ3) is 3.19. The molecule has 1 aromatic heterocycles. The van der Waals surface area contributed by atoms with Crippen molar-refractivity contribution in [2.45, 2.75) is 6.92 Å². The number of carbonyl (C=O) groups excluding carboxylic acids is 1. The summed E-state index contributed by atoms with van der Waals surface area (Å²) in [5, 5.41) is 0.185. The van der Waals surface area contributed by atoms with Crippen LogP contribution in [0.5, 0.6) is 17.2 Å². The quantitative estimate of drug-likeness (QED) is 0.535. The minimum Gasteiger partial charge on any atom is -0.497 e. The summed E-state index contributed by atoms with van der Waals surface area (Å²) in [6.07, 6.45) is 1.38. The molecule has 0 N–H and O–H groups in total. The maximum Gasteiger partial charge on any atom is 0.308 e. The van der Waals surface area contributed by atoms with Gasteiger partial charge in [-0.05, 0) is 17.7 Å². The van der Waals surface area contributed by atoms with Gasteiger partial charge in [0.05, 0.1) is 19.8 Å². The smallest absolute Gasteiger partial charge is 0.308 e. The van der Waals surface area contributed by atoms with E-state index in [1.165, 1.54) is 26.4 Å². The van der Waals surface area contributed by atoms with Crippen molar-refractivity contribution in [3.05, 3.63) is 52.9 Å². The van der Waals surface area contributed by atoms with E-state index in [0.717, 1.165) is 0 Å². The normalized spacial score (nSPS) is 10.5. The molecule has 0 amide bonds. The zero-order valence-electron chi connectivity index (χ0n) is 14.0. The molecule has 0 unspecified atom stereocenters. The van der Waals surface area contributed by atoms with Crippen molar-refractivity contribution in [2.24, 2.45) is 0 Å². The Hall–Kier alpha value is -3.28. The monoisotopic (exact) mass is 340 g/mol. The predicted octanol–water partition coefficient (Wildman–Crippen LogP) is 3.40. The SMILES string of the molecule is COc1ccc(-c2coc3cc(OC)cc(OC(C)=O)c3c2=O)cc1. The number of esters is 1. The van der Waals surface area contributed by atoms with Crippen LogP contribution >= 0.6 is 0 Å². The number of benzene rings is 2. The lowest BCUT2D eigenvalue weighted by Gasteiger charge is -2.09. The second kappa shape index (κ2) is 6.68. The number of hydrogen-bond acceptors (Lipinski definition) is 6. The molecule has 0 spiro atoms. The van der Waals surface area contributed by atoms with Crippen LogP contribution in [-0.4, -0.2) is 20.2 Å². The fourth-order valence-corrected chi connectivity index (χ4v) is 2.52. The van der Waals surface area contributed by atoms with Crippen molar-refractivity contribution in [1.29, 1.82) is 0 Å². The van der Waals surface area contributed by atoms with Gasteiger partial charge in [0.15, 0.2) is 0 Å². The van der Waals surface area contributed by atoms with Crippen LogP contribution in [0.15, 0.2) is 51.9 Å². The van der Waals surface area contributed by atoms with Gasteiger partial charge in [-0.3, -0.25) is 9.59 Å². The first kappa shape index (κ1) is 16.6. The first-order chi connectivity index (χ1) is 12.0. The van der Waals surface area contributed by atoms with Crippen LogP contribution in [0.25, 0.3) is 22.1 Å². The molecule has 0 aliphatic carbocycles. The lowest BCUT2D eigenvalue weighted by Crippen LogP contribution is -2.09. The van der Waals surface area contributed by atoms with E-state index in [1.54, 1.807) is 37.4 Å². The molecule has 3 rings (SSSR count). The van der Waals surface area contributed by atoms with Crippen LogP contribution in [0.1, 0.15) is 6.92 Å². The number of hydrogen-bond donors (Lipinski definition) is 0. The molecule has 0 aliphatic heterocycles. The Labute approximate surface area is 143 Å². The summed E-state index contributed by atoms with van der Waals surface area (Å²) in [4.78, 5) is 24.3. The Morgan fingerprint density at radius 2 is 1.68 bits per heavy atom. The maximum absolute atomic E-state index is 13.0. The zero-order valence-corrected chi connectivity index (χ0v) is 14.0. The van der Waals surface area contributed by atoms with E-state index >= 15 is 0 Å². The van der Waals surface area contributed by atoms with Gasteiger partial charge in [-0.25, -0.2) is 0 Å². The number of fused-ring (bicyclic) bond motifs is 1. The van der Waals surface area contributed by atoms with Crippen LogP contribution in [0.4, 0.5) is 0 Å². The van der Waals surface area contributed by atoms with Crippen molar-refractivity contribution >= 4 is 16.9 Å². The molecule has 128 valence electrons.